The van der Waals surface area contributed by atoms with E-state index < -0.39 is 0 Å². The fraction of sp³-hybridized carbons (Fsp3) is 0.263. The SMILES string of the molecule is COCCn1c(CCNC(=O)c2ccccc2Cl)nc2ccccc21. The molecule has 0 aliphatic heterocycles. The number of carbonyl (C=O) groups excluding carboxylic acids is 1. The number of fused-ring (bicyclic) bond motifs is 1. The second-order valence-corrected chi connectivity index (χ2v) is 6.05. The average molecular weight is 358 g/mol. The number of carbonyl (C=O) groups is 1. The molecule has 1 N–H and O–H groups in total. The molecule has 0 spiro atoms. The van der Waals surface area contributed by atoms with E-state index >= 15 is 0 Å². The van der Waals surface area contributed by atoms with E-state index in [0.717, 1.165) is 23.4 Å². The van der Waals surface area contributed by atoms with Crippen LogP contribution in [0, 0.1) is 0 Å². The molecule has 0 radical (unpaired) electrons. The average Bonchev–Trinajstić information content (AvgIpc) is 2.97. The molecule has 0 aliphatic rings. The summed E-state index contributed by atoms with van der Waals surface area (Å²) in [6, 6.07) is 15.0. The van der Waals surface area contributed by atoms with Crippen molar-refractivity contribution in [1.82, 2.24) is 14.9 Å². The molecule has 0 aliphatic carbocycles. The number of amides is 1. The van der Waals surface area contributed by atoms with Gasteiger partial charge < -0.3 is 14.6 Å². The van der Waals surface area contributed by atoms with Crippen molar-refractivity contribution in [3.05, 3.63) is 64.9 Å². The lowest BCUT2D eigenvalue weighted by atomic mass is 10.2. The van der Waals surface area contributed by atoms with Crippen molar-refractivity contribution in [3.63, 3.8) is 0 Å². The molecule has 0 fully saturated rings. The summed E-state index contributed by atoms with van der Waals surface area (Å²) in [6.45, 7) is 1.82. The predicted molar refractivity (Wildman–Crippen MR) is 99.1 cm³/mol. The fourth-order valence-corrected chi connectivity index (χ4v) is 3.00. The van der Waals surface area contributed by atoms with E-state index in [1.54, 1.807) is 31.4 Å². The Morgan fingerprint density at radius 3 is 2.76 bits per heavy atom. The van der Waals surface area contributed by atoms with E-state index in [4.69, 9.17) is 16.3 Å². The van der Waals surface area contributed by atoms with Crippen molar-refractivity contribution in [2.45, 2.75) is 13.0 Å². The van der Waals surface area contributed by atoms with Crippen LogP contribution in [0.25, 0.3) is 11.0 Å². The maximum Gasteiger partial charge on any atom is 0.252 e. The van der Waals surface area contributed by atoms with Crippen LogP contribution < -0.4 is 5.32 Å². The Kier molecular flexibility index (Phi) is 5.68. The Labute approximate surface area is 151 Å². The monoisotopic (exact) mass is 357 g/mol. The van der Waals surface area contributed by atoms with E-state index in [2.05, 4.69) is 14.9 Å². The second-order valence-electron chi connectivity index (χ2n) is 5.65. The maximum absolute atomic E-state index is 12.2. The number of nitrogens with zero attached hydrogens (tertiary/aromatic N) is 2. The molecule has 0 unspecified atom stereocenters. The number of imidazole rings is 1. The smallest absolute Gasteiger partial charge is 0.252 e. The van der Waals surface area contributed by atoms with Crippen molar-refractivity contribution < 1.29 is 9.53 Å². The molecule has 130 valence electrons. The van der Waals surface area contributed by atoms with Crippen LogP contribution in [0.5, 0.6) is 0 Å². The largest absolute Gasteiger partial charge is 0.383 e. The number of halogens is 1. The van der Waals surface area contributed by atoms with Crippen LogP contribution in [-0.2, 0) is 17.7 Å². The molecule has 5 nitrogen and oxygen atoms in total. The molecule has 2 aromatic carbocycles. The summed E-state index contributed by atoms with van der Waals surface area (Å²) >= 11 is 6.06. The highest BCUT2D eigenvalue weighted by Crippen LogP contribution is 2.17. The van der Waals surface area contributed by atoms with E-state index in [0.29, 0.717) is 30.2 Å². The summed E-state index contributed by atoms with van der Waals surface area (Å²) in [5.74, 6) is 0.753. The minimum Gasteiger partial charge on any atom is -0.383 e. The van der Waals surface area contributed by atoms with E-state index in [1.165, 1.54) is 0 Å². The molecule has 3 aromatic rings. The van der Waals surface area contributed by atoms with Crippen LogP contribution in [0.15, 0.2) is 48.5 Å². The van der Waals surface area contributed by atoms with Gasteiger partial charge in [0.25, 0.3) is 5.91 Å². The van der Waals surface area contributed by atoms with Crippen molar-refractivity contribution in [2.75, 3.05) is 20.3 Å². The molecule has 6 heteroatoms. The van der Waals surface area contributed by atoms with Gasteiger partial charge in [0.2, 0.25) is 0 Å². The zero-order valence-electron chi connectivity index (χ0n) is 14.0. The van der Waals surface area contributed by atoms with E-state index in [1.807, 2.05) is 24.3 Å². The standard InChI is InChI=1S/C19H20ClN3O2/c1-25-13-12-23-17-9-5-4-8-16(17)22-18(23)10-11-21-19(24)14-6-2-3-7-15(14)20/h2-9H,10-13H2,1H3,(H,21,24). The van der Waals surface area contributed by atoms with Gasteiger partial charge in [-0.15, -0.1) is 0 Å². The number of aromatic nitrogens is 2. The molecule has 0 atom stereocenters. The summed E-state index contributed by atoms with van der Waals surface area (Å²) in [7, 11) is 1.68. The highest BCUT2D eigenvalue weighted by atomic mass is 35.5. The number of hydrogen-bond donors (Lipinski definition) is 1. The summed E-state index contributed by atoms with van der Waals surface area (Å²) in [6.07, 6.45) is 0.634. The Bertz CT molecular complexity index is 876. The molecule has 1 heterocycles. The first-order chi connectivity index (χ1) is 12.2. The highest BCUT2D eigenvalue weighted by Gasteiger charge is 2.12. The van der Waals surface area contributed by atoms with Crippen LogP contribution in [0.2, 0.25) is 5.02 Å². The number of ether oxygens (including phenoxy) is 1. The molecule has 0 saturated carbocycles. The lowest BCUT2D eigenvalue weighted by molar-refractivity contribution is 0.0954. The molecule has 0 saturated heterocycles. The van der Waals surface area contributed by atoms with Crippen LogP contribution in [0.3, 0.4) is 0 Å². The van der Waals surface area contributed by atoms with Gasteiger partial charge in [-0.2, -0.15) is 0 Å². The Balaban J connectivity index is 1.70. The Hall–Kier alpha value is -2.37. The number of rotatable bonds is 7. The highest BCUT2D eigenvalue weighted by molar-refractivity contribution is 6.33. The van der Waals surface area contributed by atoms with Gasteiger partial charge in [-0.3, -0.25) is 4.79 Å². The molecule has 25 heavy (non-hydrogen) atoms. The third-order valence-electron chi connectivity index (χ3n) is 4.01. The van der Waals surface area contributed by atoms with Crippen molar-refractivity contribution >= 4 is 28.5 Å². The van der Waals surface area contributed by atoms with Gasteiger partial charge in [0.05, 0.1) is 28.2 Å². The third kappa shape index (κ3) is 4.00. The van der Waals surface area contributed by atoms with Crippen LogP contribution in [-0.4, -0.2) is 35.7 Å². The summed E-state index contributed by atoms with van der Waals surface area (Å²) in [4.78, 5) is 16.9. The summed E-state index contributed by atoms with van der Waals surface area (Å²) in [5.41, 5.74) is 2.51. The lowest BCUT2D eigenvalue weighted by Crippen LogP contribution is -2.26. The number of nitrogens with one attached hydrogen (secondary N) is 1. The Morgan fingerprint density at radius 2 is 1.96 bits per heavy atom. The third-order valence-corrected chi connectivity index (χ3v) is 4.33. The molecule has 0 bridgehead atoms. The minimum atomic E-state index is -0.176. The van der Waals surface area contributed by atoms with Crippen LogP contribution >= 0.6 is 11.6 Å². The maximum atomic E-state index is 12.2. The molecule has 1 amide bonds. The van der Waals surface area contributed by atoms with Gasteiger partial charge in [0, 0.05) is 26.6 Å². The van der Waals surface area contributed by atoms with Crippen molar-refractivity contribution in [1.29, 1.82) is 0 Å². The van der Waals surface area contributed by atoms with Crippen LogP contribution in [0.4, 0.5) is 0 Å². The Morgan fingerprint density at radius 1 is 1.20 bits per heavy atom. The zero-order valence-corrected chi connectivity index (χ0v) is 14.8. The quantitative estimate of drug-likeness (QED) is 0.705. The first-order valence-electron chi connectivity index (χ1n) is 8.16. The first kappa shape index (κ1) is 17.5. The zero-order chi connectivity index (χ0) is 17.6. The summed E-state index contributed by atoms with van der Waals surface area (Å²) in [5, 5.41) is 3.36. The molecular weight excluding hydrogens is 338 g/mol. The van der Waals surface area contributed by atoms with E-state index in [9.17, 15) is 4.79 Å². The predicted octanol–water partition coefficient (Wildman–Crippen LogP) is 3.31. The number of para-hydroxylation sites is 2. The van der Waals surface area contributed by atoms with Gasteiger partial charge in [-0.05, 0) is 24.3 Å². The normalized spacial score (nSPS) is 11.0. The number of benzene rings is 2. The van der Waals surface area contributed by atoms with Crippen LogP contribution in [0.1, 0.15) is 16.2 Å². The molecule has 1 aromatic heterocycles. The molecule has 3 rings (SSSR count). The lowest BCUT2D eigenvalue weighted by Gasteiger charge is -2.10. The van der Waals surface area contributed by atoms with E-state index in [-0.39, 0.29) is 5.91 Å². The van der Waals surface area contributed by atoms with Gasteiger partial charge >= 0.3 is 0 Å². The molecular formula is C19H20ClN3O2. The van der Waals surface area contributed by atoms with Gasteiger partial charge in [0.1, 0.15) is 5.82 Å². The summed E-state index contributed by atoms with van der Waals surface area (Å²) < 4.78 is 7.34. The van der Waals surface area contributed by atoms with Crippen molar-refractivity contribution in [2.24, 2.45) is 0 Å². The van der Waals surface area contributed by atoms with Gasteiger partial charge in [0.15, 0.2) is 0 Å². The van der Waals surface area contributed by atoms with Crippen molar-refractivity contribution in [3.8, 4) is 0 Å². The van der Waals surface area contributed by atoms with Gasteiger partial charge in [-0.25, -0.2) is 4.98 Å². The fourth-order valence-electron chi connectivity index (χ4n) is 2.78. The number of hydrogen-bond acceptors (Lipinski definition) is 3. The topological polar surface area (TPSA) is 56.1 Å². The minimum absolute atomic E-state index is 0.176. The van der Waals surface area contributed by atoms with Gasteiger partial charge in [-0.1, -0.05) is 35.9 Å². The second kappa shape index (κ2) is 8.14. The number of methoxy groups -OCH3 is 1. The first-order valence-corrected chi connectivity index (χ1v) is 8.54.